The monoisotopic (exact) mass is 120 g/mol. The van der Waals surface area contributed by atoms with E-state index in [4.69, 9.17) is 28.6 Å². The number of ether oxygens (including phenoxy) is 1. The minimum Gasteiger partial charge on any atom is -0.403 e. The predicted octanol–water partition coefficient (Wildman–Crippen LogP) is -1.43. The van der Waals surface area contributed by atoms with Crippen LogP contribution in [0.4, 0.5) is 0 Å². The van der Waals surface area contributed by atoms with Crippen LogP contribution >= 0.6 is 0 Å². The van der Waals surface area contributed by atoms with Crippen molar-refractivity contribution in [2.75, 3.05) is 7.11 Å². The van der Waals surface area contributed by atoms with Crippen molar-refractivity contribution in [1.29, 1.82) is 0 Å². The third kappa shape index (κ3) is 2.97. The van der Waals surface area contributed by atoms with Gasteiger partial charge in [-0.15, -0.1) is 0 Å². The molecule has 0 aliphatic carbocycles. The molecule has 0 aromatic rings. The van der Waals surface area contributed by atoms with Crippen LogP contribution in [0.5, 0.6) is 0 Å². The van der Waals surface area contributed by atoms with Gasteiger partial charge in [0.1, 0.15) is 15.7 Å². The summed E-state index contributed by atoms with van der Waals surface area (Å²) in [4.78, 5) is 0. The molecule has 0 aromatic heterocycles. The molecule has 3 atom stereocenters. The largest absolute Gasteiger partial charge is 0.403 e. The number of hydrogen-bond acceptors (Lipinski definition) is 2. The van der Waals surface area contributed by atoms with E-state index in [1.165, 1.54) is 7.11 Å². The van der Waals surface area contributed by atoms with Crippen LogP contribution in [0.2, 0.25) is 5.82 Å². The molecule has 9 heavy (non-hydrogen) atoms. The Bertz CT molecular complexity index is 78.2. The lowest BCUT2D eigenvalue weighted by molar-refractivity contribution is 0.123. The maximum Gasteiger partial charge on any atom is 0.108 e. The summed E-state index contributed by atoms with van der Waals surface area (Å²) in [6.07, 6.45) is 0. The van der Waals surface area contributed by atoms with Gasteiger partial charge in [0.2, 0.25) is 0 Å². The van der Waals surface area contributed by atoms with Gasteiger partial charge in [0.15, 0.2) is 0 Å². The molecule has 2 nitrogen and oxygen atoms in total. The number of aliphatic hydroxyl groups excluding tert-OH is 1. The van der Waals surface area contributed by atoms with Crippen molar-refractivity contribution in [2.24, 2.45) is 0 Å². The second kappa shape index (κ2) is 4.02. The Labute approximate surface area is 59.2 Å². The smallest absolute Gasteiger partial charge is 0.108 e. The van der Waals surface area contributed by atoms with Crippen LogP contribution in [-0.2, 0) is 4.74 Å². The first-order chi connectivity index (χ1) is 4.09. The lowest BCUT2D eigenvalue weighted by Gasteiger charge is -2.21. The van der Waals surface area contributed by atoms with Crippen molar-refractivity contribution in [3.05, 3.63) is 0 Å². The predicted molar refractivity (Wildman–Crippen MR) is 37.8 cm³/mol. The van der Waals surface area contributed by atoms with Crippen molar-refractivity contribution in [1.82, 2.24) is 0 Å². The molecule has 0 amide bonds. The second-order valence-electron chi connectivity index (χ2n) is 1.77. The number of rotatable bonds is 3. The third-order valence-corrected chi connectivity index (χ3v) is 1.05. The average molecular weight is 120 g/mol. The summed E-state index contributed by atoms with van der Waals surface area (Å²) in [6.45, 7) is 0. The van der Waals surface area contributed by atoms with Gasteiger partial charge < -0.3 is 9.84 Å². The Hall–Kier alpha value is 0.115. The summed E-state index contributed by atoms with van der Waals surface area (Å²) in [5, 5.41) is 8.62. The fourth-order valence-electron chi connectivity index (χ4n) is 0.351. The molecule has 0 aromatic carbocycles. The zero-order chi connectivity index (χ0) is 7.44. The standard InChI is InChI=1S/C4H7B3O2/c1-9-4(7)2(5)3(6)8/h2-4,8H,1H3. The summed E-state index contributed by atoms with van der Waals surface area (Å²) in [6, 6.07) is -1.83. The van der Waals surface area contributed by atoms with Gasteiger partial charge in [-0.05, 0) is 5.82 Å². The van der Waals surface area contributed by atoms with Crippen LogP contribution < -0.4 is 0 Å². The zero-order valence-electron chi connectivity index (χ0n) is 5.32. The molecule has 5 heteroatoms. The Morgan fingerprint density at radius 2 is 1.78 bits per heavy atom. The molecule has 0 aliphatic rings. The zero-order valence-corrected chi connectivity index (χ0v) is 5.32. The molecule has 0 bridgehead atoms. The summed E-state index contributed by atoms with van der Waals surface area (Å²) >= 11 is 0. The number of aliphatic hydroxyl groups is 1. The van der Waals surface area contributed by atoms with Crippen LogP contribution in [0.3, 0.4) is 0 Å². The van der Waals surface area contributed by atoms with Crippen LogP contribution in [0, 0.1) is 0 Å². The highest BCUT2D eigenvalue weighted by molar-refractivity contribution is 6.25. The van der Waals surface area contributed by atoms with E-state index < -0.39 is 17.8 Å². The fraction of sp³-hybridized carbons (Fsp3) is 1.00. The summed E-state index contributed by atoms with van der Waals surface area (Å²) in [7, 11) is 16.9. The number of hydrogen-bond donors (Lipinski definition) is 1. The van der Waals surface area contributed by atoms with E-state index in [-0.39, 0.29) is 0 Å². The lowest BCUT2D eigenvalue weighted by Crippen LogP contribution is -2.28. The summed E-state index contributed by atoms with van der Waals surface area (Å²) in [5.74, 6) is -0.727. The molecule has 0 spiro atoms. The molecular weight excluding hydrogens is 112 g/mol. The molecule has 0 rings (SSSR count). The van der Waals surface area contributed by atoms with Crippen molar-refractivity contribution in [2.45, 2.75) is 17.8 Å². The van der Waals surface area contributed by atoms with E-state index in [1.54, 1.807) is 0 Å². The van der Waals surface area contributed by atoms with Gasteiger partial charge in [-0.3, -0.25) is 0 Å². The van der Waals surface area contributed by atoms with Crippen molar-refractivity contribution < 1.29 is 9.84 Å². The van der Waals surface area contributed by atoms with Crippen LogP contribution in [0.15, 0.2) is 0 Å². The molecule has 6 radical (unpaired) electrons. The van der Waals surface area contributed by atoms with Crippen LogP contribution in [-0.4, -0.2) is 47.8 Å². The lowest BCUT2D eigenvalue weighted by atomic mass is 9.65. The van der Waals surface area contributed by atoms with E-state index in [1.807, 2.05) is 0 Å². The first kappa shape index (κ1) is 9.11. The molecule has 1 N–H and O–H groups in total. The average Bonchev–Trinajstić information content (AvgIpc) is 1.84. The van der Waals surface area contributed by atoms with E-state index in [0.717, 1.165) is 0 Å². The highest BCUT2D eigenvalue weighted by Gasteiger charge is 2.14. The van der Waals surface area contributed by atoms with Crippen LogP contribution in [0.25, 0.3) is 0 Å². The summed E-state index contributed by atoms with van der Waals surface area (Å²) in [5.41, 5.74) is 0. The van der Waals surface area contributed by atoms with Gasteiger partial charge in [-0.1, -0.05) is 0 Å². The first-order valence-corrected chi connectivity index (χ1v) is 2.57. The molecular formula is C4H7B3O2. The Balaban J connectivity index is 3.58. The van der Waals surface area contributed by atoms with Gasteiger partial charge in [-0.25, -0.2) is 0 Å². The molecule has 0 heterocycles. The molecule has 3 unspecified atom stereocenters. The molecule has 44 valence electrons. The first-order valence-electron chi connectivity index (χ1n) is 2.57. The van der Waals surface area contributed by atoms with E-state index >= 15 is 0 Å². The molecule has 0 fully saturated rings. The highest BCUT2D eigenvalue weighted by atomic mass is 16.5. The normalized spacial score (nSPS) is 20.7. The maximum absolute atomic E-state index is 8.62. The SMILES string of the molecule is [B]C(O)C([B])C([B])OC. The van der Waals surface area contributed by atoms with Gasteiger partial charge in [-0.2, -0.15) is 0 Å². The minimum atomic E-state index is -1.13. The van der Waals surface area contributed by atoms with Crippen molar-refractivity contribution in [3.8, 4) is 0 Å². The topological polar surface area (TPSA) is 29.5 Å². The minimum absolute atomic E-state index is 0.704. The van der Waals surface area contributed by atoms with Gasteiger partial charge in [0.25, 0.3) is 0 Å². The maximum atomic E-state index is 8.62. The Kier molecular flexibility index (Phi) is 4.07. The quantitative estimate of drug-likeness (QED) is 0.462. The Morgan fingerprint density at radius 1 is 1.33 bits per heavy atom. The van der Waals surface area contributed by atoms with Crippen molar-refractivity contribution >= 4 is 23.5 Å². The number of methoxy groups -OCH3 is 1. The van der Waals surface area contributed by atoms with E-state index in [2.05, 4.69) is 4.74 Å². The summed E-state index contributed by atoms with van der Waals surface area (Å²) < 4.78 is 4.59. The van der Waals surface area contributed by atoms with Gasteiger partial charge in [0, 0.05) is 19.1 Å². The molecule has 0 saturated heterocycles. The third-order valence-electron chi connectivity index (χ3n) is 1.05. The van der Waals surface area contributed by atoms with E-state index in [9.17, 15) is 0 Å². The Morgan fingerprint density at radius 3 is 1.89 bits per heavy atom. The van der Waals surface area contributed by atoms with Gasteiger partial charge >= 0.3 is 0 Å². The fourth-order valence-corrected chi connectivity index (χ4v) is 0.351. The highest BCUT2D eigenvalue weighted by Crippen LogP contribution is 2.08. The second-order valence-corrected chi connectivity index (χ2v) is 1.77. The van der Waals surface area contributed by atoms with E-state index in [0.29, 0.717) is 0 Å². The van der Waals surface area contributed by atoms with Crippen molar-refractivity contribution in [3.63, 3.8) is 0 Å². The van der Waals surface area contributed by atoms with Gasteiger partial charge in [0.05, 0.1) is 7.85 Å². The van der Waals surface area contributed by atoms with Crippen LogP contribution in [0.1, 0.15) is 0 Å². The molecule has 0 saturated carbocycles. The molecule has 0 aliphatic heterocycles.